The van der Waals surface area contributed by atoms with Crippen molar-refractivity contribution in [1.82, 2.24) is 9.97 Å². The molecule has 1 N–H and O–H groups in total. The highest BCUT2D eigenvalue weighted by atomic mass is 19.1. The monoisotopic (exact) mass is 462 g/mol. The van der Waals surface area contributed by atoms with Crippen molar-refractivity contribution in [3.05, 3.63) is 84.1 Å². The number of morpholine rings is 1. The Morgan fingerprint density at radius 3 is 2.62 bits per heavy atom. The Labute approximate surface area is 194 Å². The van der Waals surface area contributed by atoms with Crippen molar-refractivity contribution >= 4 is 28.4 Å². The molecule has 0 radical (unpaired) electrons. The van der Waals surface area contributed by atoms with E-state index in [1.165, 1.54) is 30.3 Å². The van der Waals surface area contributed by atoms with E-state index in [1.54, 1.807) is 24.4 Å². The third-order valence-corrected chi connectivity index (χ3v) is 5.29. The van der Waals surface area contributed by atoms with E-state index in [0.717, 1.165) is 31.0 Å². The molecule has 1 saturated heterocycles. The molecule has 1 aliphatic rings. The summed E-state index contributed by atoms with van der Waals surface area (Å²) in [5.41, 5.74) is 1.64. The van der Waals surface area contributed by atoms with Crippen LogP contribution in [0.1, 0.15) is 10.4 Å². The van der Waals surface area contributed by atoms with Crippen molar-refractivity contribution in [3.8, 4) is 11.5 Å². The van der Waals surface area contributed by atoms with Crippen LogP contribution in [0.15, 0.2) is 66.9 Å². The van der Waals surface area contributed by atoms with Gasteiger partial charge >= 0.3 is 0 Å². The zero-order valence-electron chi connectivity index (χ0n) is 18.0. The van der Waals surface area contributed by atoms with Crippen LogP contribution in [0.3, 0.4) is 0 Å². The highest BCUT2D eigenvalue weighted by molar-refractivity contribution is 6.04. The topological polar surface area (TPSA) is 76.6 Å². The number of nitrogens with zero attached hydrogens (tertiary/aromatic N) is 3. The zero-order valence-corrected chi connectivity index (χ0v) is 18.0. The smallest absolute Gasteiger partial charge is 0.255 e. The lowest BCUT2D eigenvalue weighted by Crippen LogP contribution is -2.36. The molecule has 1 amide bonds. The lowest BCUT2D eigenvalue weighted by atomic mass is 10.2. The first-order valence-corrected chi connectivity index (χ1v) is 10.7. The fraction of sp³-hybridized carbons (Fsp3) is 0.160. The molecule has 2 heterocycles. The lowest BCUT2D eigenvalue weighted by molar-refractivity contribution is 0.102. The maximum absolute atomic E-state index is 14.2. The highest BCUT2D eigenvalue weighted by Gasteiger charge is 2.14. The first-order valence-electron chi connectivity index (χ1n) is 10.7. The summed E-state index contributed by atoms with van der Waals surface area (Å²) in [5.74, 6) is -0.317. The van der Waals surface area contributed by atoms with E-state index < -0.39 is 17.5 Å². The van der Waals surface area contributed by atoms with Crippen molar-refractivity contribution in [1.29, 1.82) is 0 Å². The Hall–Kier alpha value is -4.11. The fourth-order valence-electron chi connectivity index (χ4n) is 3.65. The van der Waals surface area contributed by atoms with Gasteiger partial charge in [0.05, 0.1) is 30.4 Å². The van der Waals surface area contributed by atoms with Crippen LogP contribution >= 0.6 is 0 Å². The first kappa shape index (κ1) is 21.7. The molecule has 0 bridgehead atoms. The molecule has 34 heavy (non-hydrogen) atoms. The molecule has 0 spiro atoms. The molecular formula is C25H20F2N4O3. The molecule has 0 unspecified atom stereocenters. The van der Waals surface area contributed by atoms with Gasteiger partial charge in [0, 0.05) is 42.5 Å². The van der Waals surface area contributed by atoms with E-state index in [2.05, 4.69) is 20.2 Å². The largest absolute Gasteiger partial charge is 0.457 e. The second-order valence-corrected chi connectivity index (χ2v) is 7.72. The number of benzene rings is 3. The van der Waals surface area contributed by atoms with Gasteiger partial charge in [-0.3, -0.25) is 9.78 Å². The summed E-state index contributed by atoms with van der Waals surface area (Å²) < 4.78 is 38.9. The van der Waals surface area contributed by atoms with E-state index >= 15 is 0 Å². The van der Waals surface area contributed by atoms with Crippen LogP contribution in [-0.4, -0.2) is 42.2 Å². The number of nitrogens with one attached hydrogen (secondary N) is 1. The van der Waals surface area contributed by atoms with Crippen LogP contribution in [-0.2, 0) is 4.74 Å². The van der Waals surface area contributed by atoms with Gasteiger partial charge < -0.3 is 19.7 Å². The Morgan fingerprint density at radius 1 is 0.941 bits per heavy atom. The summed E-state index contributed by atoms with van der Waals surface area (Å²) in [6, 6.07) is 14.3. The second kappa shape index (κ2) is 9.40. The number of hydrogen-bond donors (Lipinski definition) is 1. The van der Waals surface area contributed by atoms with E-state index in [4.69, 9.17) is 9.47 Å². The number of ether oxygens (including phenoxy) is 2. The minimum absolute atomic E-state index is 0.121. The molecule has 0 aliphatic carbocycles. The molecule has 5 rings (SSSR count). The Balaban J connectivity index is 1.36. The van der Waals surface area contributed by atoms with Gasteiger partial charge in [-0.2, -0.15) is 0 Å². The quantitative estimate of drug-likeness (QED) is 0.460. The van der Waals surface area contributed by atoms with E-state index in [9.17, 15) is 13.6 Å². The number of amides is 1. The molecule has 3 aromatic carbocycles. The normalized spacial score (nSPS) is 13.6. The van der Waals surface area contributed by atoms with Crippen molar-refractivity contribution < 1.29 is 23.0 Å². The van der Waals surface area contributed by atoms with Gasteiger partial charge in [0.15, 0.2) is 0 Å². The Kier molecular flexibility index (Phi) is 6.01. The molecule has 1 fully saturated rings. The van der Waals surface area contributed by atoms with Crippen LogP contribution in [0.5, 0.6) is 11.5 Å². The van der Waals surface area contributed by atoms with Crippen LogP contribution in [0, 0.1) is 11.6 Å². The molecule has 4 aromatic rings. The summed E-state index contributed by atoms with van der Waals surface area (Å²) in [6.45, 7) is 2.76. The molecule has 0 atom stereocenters. The molecule has 1 aliphatic heterocycles. The predicted molar refractivity (Wildman–Crippen MR) is 123 cm³/mol. The molecular weight excluding hydrogens is 442 g/mol. The minimum Gasteiger partial charge on any atom is -0.457 e. The average Bonchev–Trinajstić information content (AvgIpc) is 2.84. The van der Waals surface area contributed by atoms with Gasteiger partial charge in [0.2, 0.25) is 0 Å². The van der Waals surface area contributed by atoms with Crippen LogP contribution in [0.2, 0.25) is 0 Å². The van der Waals surface area contributed by atoms with Crippen molar-refractivity contribution in [2.45, 2.75) is 0 Å². The summed E-state index contributed by atoms with van der Waals surface area (Å²) >= 11 is 0. The molecule has 0 saturated carbocycles. The van der Waals surface area contributed by atoms with E-state index in [1.807, 2.05) is 0 Å². The Morgan fingerprint density at radius 2 is 1.79 bits per heavy atom. The number of carbonyl (C=O) groups is 1. The number of aromatic nitrogens is 2. The van der Waals surface area contributed by atoms with Crippen molar-refractivity contribution in [2.24, 2.45) is 0 Å². The molecule has 172 valence electrons. The highest BCUT2D eigenvalue weighted by Crippen LogP contribution is 2.28. The number of carbonyl (C=O) groups excluding carboxylic acids is 1. The zero-order chi connectivity index (χ0) is 23.5. The molecule has 9 heteroatoms. The standard InChI is InChI=1S/C25H20F2N4O3/c26-17-3-1-2-16(10-17)25(32)29-19-11-18(27)12-21(13-19)34-20-4-5-22-23(14-20)30-24(15-28-22)31-6-8-33-9-7-31/h1-5,10-15H,6-9H2,(H,29,32). The van der Waals surface area contributed by atoms with Gasteiger partial charge in [-0.15, -0.1) is 0 Å². The number of fused-ring (bicyclic) bond motifs is 1. The molecule has 1 aromatic heterocycles. The third-order valence-electron chi connectivity index (χ3n) is 5.29. The SMILES string of the molecule is O=C(Nc1cc(F)cc(Oc2ccc3ncc(N4CCOCC4)nc3c2)c1)c1cccc(F)c1. The van der Waals surface area contributed by atoms with Gasteiger partial charge in [-0.05, 0) is 36.4 Å². The average molecular weight is 462 g/mol. The van der Waals surface area contributed by atoms with E-state index in [0.29, 0.717) is 30.0 Å². The number of rotatable bonds is 5. The first-order chi connectivity index (χ1) is 16.5. The number of halogens is 2. The predicted octanol–water partition coefficient (Wildman–Crippen LogP) is 4.79. The third kappa shape index (κ3) is 4.94. The lowest BCUT2D eigenvalue weighted by Gasteiger charge is -2.27. The number of hydrogen-bond acceptors (Lipinski definition) is 6. The van der Waals surface area contributed by atoms with E-state index in [-0.39, 0.29) is 17.0 Å². The summed E-state index contributed by atoms with van der Waals surface area (Å²) in [6.07, 6.45) is 1.73. The summed E-state index contributed by atoms with van der Waals surface area (Å²) in [4.78, 5) is 23.6. The minimum atomic E-state index is -0.595. The van der Waals surface area contributed by atoms with Gasteiger partial charge in [-0.1, -0.05) is 6.07 Å². The summed E-state index contributed by atoms with van der Waals surface area (Å²) in [5, 5.41) is 2.56. The van der Waals surface area contributed by atoms with Gasteiger partial charge in [-0.25, -0.2) is 13.8 Å². The van der Waals surface area contributed by atoms with Crippen molar-refractivity contribution in [2.75, 3.05) is 36.5 Å². The summed E-state index contributed by atoms with van der Waals surface area (Å²) in [7, 11) is 0. The van der Waals surface area contributed by atoms with Crippen LogP contribution in [0.4, 0.5) is 20.3 Å². The van der Waals surface area contributed by atoms with Crippen molar-refractivity contribution in [3.63, 3.8) is 0 Å². The van der Waals surface area contributed by atoms with Gasteiger partial charge in [0.25, 0.3) is 5.91 Å². The molecule has 7 nitrogen and oxygen atoms in total. The van der Waals surface area contributed by atoms with Gasteiger partial charge in [0.1, 0.15) is 29.0 Å². The van der Waals surface area contributed by atoms with Crippen LogP contribution in [0.25, 0.3) is 11.0 Å². The second-order valence-electron chi connectivity index (χ2n) is 7.72. The van der Waals surface area contributed by atoms with Crippen LogP contribution < -0.4 is 15.0 Å². The maximum Gasteiger partial charge on any atom is 0.255 e. The maximum atomic E-state index is 14.2. The Bertz CT molecular complexity index is 1360. The fourth-order valence-corrected chi connectivity index (χ4v) is 3.65. The number of anilines is 2.